The number of benzene rings is 1. The maximum absolute atomic E-state index is 11.6. The highest BCUT2D eigenvalue weighted by Gasteiger charge is 2.16. The van der Waals surface area contributed by atoms with Gasteiger partial charge in [-0.05, 0) is 71.3 Å². The number of hydrogen-bond donors (Lipinski definition) is 0. The molecular formula is C38H72N4O. The summed E-state index contributed by atoms with van der Waals surface area (Å²) in [5.41, 5.74) is 4.65. The molecule has 43 heavy (non-hydrogen) atoms. The fourth-order valence-electron chi connectivity index (χ4n) is 4.55. The Bertz CT molecular complexity index is 848. The number of carbonyl (C=O) groups is 1. The lowest BCUT2D eigenvalue weighted by Crippen LogP contribution is -2.40. The van der Waals surface area contributed by atoms with E-state index in [1.807, 2.05) is 19.9 Å². The summed E-state index contributed by atoms with van der Waals surface area (Å²) in [6.45, 7) is 29.8. The minimum atomic E-state index is 0.613. The third-order valence-electron chi connectivity index (χ3n) is 7.77. The van der Waals surface area contributed by atoms with E-state index in [2.05, 4.69) is 119 Å². The van der Waals surface area contributed by atoms with Crippen molar-refractivity contribution >= 4 is 12.0 Å². The van der Waals surface area contributed by atoms with Gasteiger partial charge in [0.25, 0.3) is 0 Å². The Balaban J connectivity index is 0. The molecule has 0 saturated heterocycles. The predicted octanol–water partition coefficient (Wildman–Crippen LogP) is 9.19. The second kappa shape index (κ2) is 28.6. The average Bonchev–Trinajstić information content (AvgIpc) is 3.02. The summed E-state index contributed by atoms with van der Waals surface area (Å²) in [5.74, 6) is 0.613. The van der Waals surface area contributed by atoms with Gasteiger partial charge in [0.1, 0.15) is 6.29 Å². The summed E-state index contributed by atoms with van der Waals surface area (Å²) >= 11 is 0. The van der Waals surface area contributed by atoms with Crippen molar-refractivity contribution in [1.29, 1.82) is 0 Å². The molecule has 0 aromatic heterocycles. The van der Waals surface area contributed by atoms with Gasteiger partial charge < -0.3 is 19.6 Å². The summed E-state index contributed by atoms with van der Waals surface area (Å²) in [6, 6.07) is 6.22. The van der Waals surface area contributed by atoms with Crippen molar-refractivity contribution in [2.45, 2.75) is 108 Å². The van der Waals surface area contributed by atoms with Crippen molar-refractivity contribution in [3.05, 3.63) is 53.3 Å². The van der Waals surface area contributed by atoms with E-state index in [-0.39, 0.29) is 0 Å². The minimum absolute atomic E-state index is 0.613. The molecule has 5 nitrogen and oxygen atoms in total. The van der Waals surface area contributed by atoms with Crippen LogP contribution in [0.1, 0.15) is 117 Å². The summed E-state index contributed by atoms with van der Waals surface area (Å²) < 4.78 is 0. The zero-order valence-electron chi connectivity index (χ0n) is 30.7. The first-order valence-corrected chi connectivity index (χ1v) is 17.4. The Morgan fingerprint density at radius 3 is 1.93 bits per heavy atom. The number of likely N-dealkylation sites (N-methyl/N-ethyl adjacent to an activating group) is 2. The molecule has 0 bridgehead atoms. The van der Waals surface area contributed by atoms with Gasteiger partial charge in [0.05, 0.1) is 0 Å². The highest BCUT2D eigenvalue weighted by molar-refractivity contribution is 5.78. The van der Waals surface area contributed by atoms with Crippen LogP contribution in [0.2, 0.25) is 0 Å². The molecule has 1 rings (SSSR count). The molecule has 1 aromatic rings. The third-order valence-corrected chi connectivity index (χ3v) is 7.77. The highest BCUT2D eigenvalue weighted by atomic mass is 16.1. The lowest BCUT2D eigenvalue weighted by Gasteiger charge is -2.33. The number of anilines is 1. The van der Waals surface area contributed by atoms with Crippen LogP contribution in [0.15, 0.2) is 42.1 Å². The van der Waals surface area contributed by atoms with Crippen molar-refractivity contribution < 1.29 is 4.79 Å². The first kappa shape index (κ1) is 43.0. The molecule has 250 valence electrons. The molecule has 0 heterocycles. The second-order valence-corrected chi connectivity index (χ2v) is 11.6. The Kier molecular flexibility index (Phi) is 28.7. The fraction of sp³-hybridized carbons (Fsp3) is 0.711. The van der Waals surface area contributed by atoms with Crippen LogP contribution in [0.5, 0.6) is 0 Å². The minimum Gasteiger partial charge on any atom is -0.372 e. The smallest absolute Gasteiger partial charge is 0.150 e. The maximum atomic E-state index is 11.6. The molecular weight excluding hydrogens is 528 g/mol. The van der Waals surface area contributed by atoms with Crippen molar-refractivity contribution in [1.82, 2.24) is 14.7 Å². The molecule has 0 amide bonds. The Labute approximate surface area is 269 Å². The van der Waals surface area contributed by atoms with E-state index in [4.69, 9.17) is 0 Å². The normalized spacial score (nSPS) is 12.1. The molecule has 1 aromatic carbocycles. The van der Waals surface area contributed by atoms with Crippen molar-refractivity contribution in [2.24, 2.45) is 5.92 Å². The standard InChI is InChI=1S/C32H56N4O.C4H10.C2H6/c1-9-13-18-36(32-26-30(27-37)15-16-31(32)25-28(5)12-4)24-23-35(29(6)14-10-2)22-21-34(8)20-19-33(7)17-11-3;1-3-4-2;1-2/h9,13-16,26-28H,10-12,17-25H2,1-8H3;3-4H2,1-2H3;1-2H3/b13-9+,29-14+;;. The summed E-state index contributed by atoms with van der Waals surface area (Å²) in [7, 11) is 4.45. The Morgan fingerprint density at radius 2 is 1.42 bits per heavy atom. The van der Waals surface area contributed by atoms with E-state index < -0.39 is 0 Å². The molecule has 0 aliphatic carbocycles. The molecule has 0 spiro atoms. The summed E-state index contributed by atoms with van der Waals surface area (Å²) in [5, 5.41) is 0. The van der Waals surface area contributed by atoms with E-state index in [0.717, 1.165) is 83.5 Å². The predicted molar refractivity (Wildman–Crippen MR) is 195 cm³/mol. The first-order chi connectivity index (χ1) is 20.7. The van der Waals surface area contributed by atoms with E-state index in [0.29, 0.717) is 5.92 Å². The highest BCUT2D eigenvalue weighted by Crippen LogP contribution is 2.26. The lowest BCUT2D eigenvalue weighted by atomic mass is 9.96. The summed E-state index contributed by atoms with van der Waals surface area (Å²) in [6.07, 6.45) is 14.7. The molecule has 1 atom stereocenters. The zero-order valence-corrected chi connectivity index (χ0v) is 30.7. The third kappa shape index (κ3) is 20.5. The molecule has 0 aliphatic heterocycles. The van der Waals surface area contributed by atoms with E-state index >= 15 is 0 Å². The van der Waals surface area contributed by atoms with Gasteiger partial charge in [-0.25, -0.2) is 0 Å². The van der Waals surface area contributed by atoms with Gasteiger partial charge in [-0.15, -0.1) is 0 Å². The largest absolute Gasteiger partial charge is 0.372 e. The van der Waals surface area contributed by atoms with Crippen LogP contribution < -0.4 is 4.90 Å². The second-order valence-electron chi connectivity index (χ2n) is 11.6. The van der Waals surface area contributed by atoms with Crippen LogP contribution in [0.3, 0.4) is 0 Å². The van der Waals surface area contributed by atoms with Gasteiger partial charge in [-0.3, -0.25) is 4.79 Å². The number of unbranched alkanes of at least 4 members (excludes halogenated alkanes) is 1. The van der Waals surface area contributed by atoms with Gasteiger partial charge >= 0.3 is 0 Å². The Hall–Kier alpha value is -2.11. The molecule has 0 saturated carbocycles. The van der Waals surface area contributed by atoms with Crippen molar-refractivity contribution in [3.8, 4) is 0 Å². The number of carbonyl (C=O) groups excluding carboxylic acids is 1. The quantitative estimate of drug-likeness (QED) is 0.104. The number of aldehydes is 1. The number of allylic oxidation sites excluding steroid dienone is 3. The van der Waals surface area contributed by atoms with Gasteiger partial charge in [0, 0.05) is 62.8 Å². The SMILES string of the molecule is C/C=C/CN(CCN(CCN(C)CCN(C)CCC)/C(C)=C/CC)c1cc(C=O)ccc1CC(C)CC.CC.CCCC. The van der Waals surface area contributed by atoms with Crippen LogP contribution in [-0.2, 0) is 6.42 Å². The fourth-order valence-corrected chi connectivity index (χ4v) is 4.55. The van der Waals surface area contributed by atoms with Crippen LogP contribution in [0.4, 0.5) is 5.69 Å². The van der Waals surface area contributed by atoms with Gasteiger partial charge in [-0.2, -0.15) is 0 Å². The monoisotopic (exact) mass is 601 g/mol. The molecule has 1 unspecified atom stereocenters. The number of rotatable bonds is 21. The topological polar surface area (TPSA) is 30.0 Å². The molecule has 0 aliphatic rings. The molecule has 0 N–H and O–H groups in total. The van der Waals surface area contributed by atoms with Crippen LogP contribution in [-0.4, -0.2) is 87.4 Å². The van der Waals surface area contributed by atoms with Crippen LogP contribution >= 0.6 is 0 Å². The van der Waals surface area contributed by atoms with Gasteiger partial charge in [-0.1, -0.05) is 105 Å². The van der Waals surface area contributed by atoms with Crippen molar-refractivity contribution in [2.75, 3.05) is 71.4 Å². The van der Waals surface area contributed by atoms with Gasteiger partial charge in [0.15, 0.2) is 0 Å². The van der Waals surface area contributed by atoms with E-state index in [9.17, 15) is 4.79 Å². The van der Waals surface area contributed by atoms with Crippen molar-refractivity contribution in [3.63, 3.8) is 0 Å². The van der Waals surface area contributed by atoms with E-state index in [1.54, 1.807) is 0 Å². The maximum Gasteiger partial charge on any atom is 0.150 e. The number of nitrogens with zero attached hydrogens (tertiary/aromatic N) is 4. The average molecular weight is 601 g/mol. The molecule has 0 fully saturated rings. The number of hydrogen-bond acceptors (Lipinski definition) is 5. The molecule has 0 radical (unpaired) electrons. The summed E-state index contributed by atoms with van der Waals surface area (Å²) in [4.78, 5) is 21.5. The lowest BCUT2D eigenvalue weighted by molar-refractivity contribution is 0.112. The van der Waals surface area contributed by atoms with Crippen LogP contribution in [0, 0.1) is 5.92 Å². The van der Waals surface area contributed by atoms with E-state index in [1.165, 1.54) is 36.2 Å². The molecule has 5 heteroatoms. The van der Waals surface area contributed by atoms with Gasteiger partial charge in [0.2, 0.25) is 0 Å². The van der Waals surface area contributed by atoms with Crippen LogP contribution in [0.25, 0.3) is 0 Å². The Morgan fingerprint density at radius 1 is 0.837 bits per heavy atom. The first-order valence-electron chi connectivity index (χ1n) is 17.4. The zero-order chi connectivity index (χ0) is 33.0.